The van der Waals surface area contributed by atoms with Crippen LogP contribution in [0.3, 0.4) is 0 Å². The zero-order valence-electron chi connectivity index (χ0n) is 10.3. The Hall–Kier alpha value is -0.360. The normalized spacial score (nSPS) is 10.3. The maximum absolute atomic E-state index is 10.5. The first-order valence-electron chi connectivity index (χ1n) is 4.47. The molecule has 0 unspecified atom stereocenters. The van der Waals surface area contributed by atoms with Gasteiger partial charge in [0.05, 0.1) is 11.9 Å². The second-order valence-corrected chi connectivity index (χ2v) is 2.95. The Labute approximate surface area is 149 Å². The van der Waals surface area contributed by atoms with E-state index in [-0.39, 0.29) is 59.1 Å². The van der Waals surface area contributed by atoms with E-state index >= 15 is 0 Å². The van der Waals surface area contributed by atoms with Crippen LogP contribution in [0.2, 0.25) is 0 Å². The number of aliphatic carboxylic acids is 2. The third-order valence-corrected chi connectivity index (χ3v) is 1.76. The Morgan fingerprint density at radius 1 is 1.00 bits per heavy atom. The van der Waals surface area contributed by atoms with E-state index in [0.717, 1.165) is 11.6 Å². The molecule has 1 aromatic rings. The number of rotatable bonds is 4. The average Bonchev–Trinajstić information content (AvgIpc) is 2.25. The van der Waals surface area contributed by atoms with Crippen LogP contribution >= 0.6 is 0 Å². The average molecular weight is 262 g/mol. The van der Waals surface area contributed by atoms with Crippen LogP contribution in [-0.4, -0.2) is 11.9 Å². The topological polar surface area (TPSA) is 80.3 Å². The van der Waals surface area contributed by atoms with Crippen LogP contribution in [0.5, 0.6) is 0 Å². The molecule has 4 nitrogen and oxygen atoms in total. The second kappa shape index (κ2) is 10.6. The van der Waals surface area contributed by atoms with Crippen molar-refractivity contribution in [1.29, 1.82) is 0 Å². The molecule has 18 heavy (non-hydrogen) atoms. The molecule has 6 heteroatoms. The summed E-state index contributed by atoms with van der Waals surface area (Å²) in [5.74, 6) is -3.13. The van der Waals surface area contributed by atoms with Gasteiger partial charge < -0.3 is 19.8 Å². The molecule has 0 amide bonds. The zero-order valence-corrected chi connectivity index (χ0v) is 14.3. The summed E-state index contributed by atoms with van der Waals surface area (Å²) in [6.45, 7) is 0. The van der Waals surface area contributed by atoms with Crippen molar-refractivity contribution in [3.63, 3.8) is 0 Å². The molecule has 0 saturated heterocycles. The largest absolute Gasteiger partial charge is 1.00 e. The van der Waals surface area contributed by atoms with E-state index < -0.39 is 17.5 Å². The minimum atomic E-state index is -1.57. The molecular formula is C12H8Na2O4. The van der Waals surface area contributed by atoms with Gasteiger partial charge in [0.15, 0.2) is 0 Å². The van der Waals surface area contributed by atoms with Crippen molar-refractivity contribution in [3.8, 4) is 0 Å². The summed E-state index contributed by atoms with van der Waals surface area (Å²) in [6.07, 6.45) is 3.11. The van der Waals surface area contributed by atoms with E-state index in [9.17, 15) is 19.8 Å². The predicted octanol–water partition coefficient (Wildman–Crippen LogP) is -6.87. The van der Waals surface area contributed by atoms with Gasteiger partial charge in [0.2, 0.25) is 0 Å². The van der Waals surface area contributed by atoms with E-state index in [1.807, 2.05) is 6.07 Å². The molecular weight excluding hydrogens is 254 g/mol. The summed E-state index contributed by atoms with van der Waals surface area (Å²) in [7, 11) is 0. The van der Waals surface area contributed by atoms with Crippen LogP contribution in [0.25, 0.3) is 6.08 Å². The number of hydrogen-bond donors (Lipinski definition) is 0. The molecule has 0 saturated carbocycles. The number of carbonyl (C=O) groups is 2. The van der Waals surface area contributed by atoms with E-state index in [1.54, 1.807) is 24.3 Å². The molecule has 0 aliphatic carbocycles. The van der Waals surface area contributed by atoms with Gasteiger partial charge in [0, 0.05) is 0 Å². The molecule has 0 bridgehead atoms. The number of carboxylic acids is 2. The van der Waals surface area contributed by atoms with E-state index in [0.29, 0.717) is 6.08 Å². The molecule has 1 rings (SSSR count). The van der Waals surface area contributed by atoms with Crippen molar-refractivity contribution in [3.05, 3.63) is 53.6 Å². The van der Waals surface area contributed by atoms with Crippen LogP contribution in [0.15, 0.2) is 48.1 Å². The molecule has 0 atom stereocenters. The standard InChI is InChI=1S/C12H10O4.2Na/c13-11(14)8-10(12(15)16)7-6-9-4-2-1-3-5-9;;/h1-8H,(H,13,14)(H,15,16);;/q;2*+1/p-2/b7-6+,10-8-;;. The van der Waals surface area contributed by atoms with Crippen LogP contribution in [0, 0.1) is 0 Å². The Kier molecular flexibility index (Phi) is 11.7. The first kappa shape index (κ1) is 20.0. The third kappa shape index (κ3) is 7.87. The van der Waals surface area contributed by atoms with E-state index in [4.69, 9.17) is 0 Å². The molecule has 0 spiro atoms. The monoisotopic (exact) mass is 262 g/mol. The summed E-state index contributed by atoms with van der Waals surface area (Å²) in [5.41, 5.74) is 0.317. The quantitative estimate of drug-likeness (QED) is 0.307. The first-order valence-corrected chi connectivity index (χ1v) is 4.47. The molecule has 0 fully saturated rings. The van der Waals surface area contributed by atoms with Gasteiger partial charge in [-0.25, -0.2) is 0 Å². The Balaban J connectivity index is 0. The Morgan fingerprint density at radius 3 is 2.00 bits per heavy atom. The third-order valence-electron chi connectivity index (χ3n) is 1.76. The molecule has 0 aliphatic heterocycles. The Bertz CT molecular complexity index is 452. The number of benzene rings is 1. The smallest absolute Gasteiger partial charge is 0.545 e. The first-order chi connectivity index (χ1) is 7.59. The van der Waals surface area contributed by atoms with Crippen LogP contribution < -0.4 is 69.3 Å². The SMILES string of the molecule is O=C([O-])/C=C(/C=C/c1ccccc1)C(=O)[O-].[Na+].[Na+]. The van der Waals surface area contributed by atoms with Gasteiger partial charge in [-0.15, -0.1) is 0 Å². The zero-order chi connectivity index (χ0) is 12.0. The summed E-state index contributed by atoms with van der Waals surface area (Å²) < 4.78 is 0. The molecule has 0 heterocycles. The Morgan fingerprint density at radius 2 is 1.56 bits per heavy atom. The van der Waals surface area contributed by atoms with Crippen LogP contribution in [-0.2, 0) is 9.59 Å². The summed E-state index contributed by atoms with van der Waals surface area (Å²) in [6, 6.07) is 8.88. The van der Waals surface area contributed by atoms with Crippen molar-refractivity contribution in [2.24, 2.45) is 0 Å². The van der Waals surface area contributed by atoms with Crippen molar-refractivity contribution in [2.45, 2.75) is 0 Å². The van der Waals surface area contributed by atoms with Gasteiger partial charge in [0.1, 0.15) is 0 Å². The molecule has 0 aromatic heterocycles. The van der Waals surface area contributed by atoms with E-state index in [1.165, 1.54) is 6.08 Å². The molecule has 1 aromatic carbocycles. The number of hydrogen-bond acceptors (Lipinski definition) is 4. The van der Waals surface area contributed by atoms with Gasteiger partial charge in [0.25, 0.3) is 0 Å². The van der Waals surface area contributed by atoms with Crippen molar-refractivity contribution < 1.29 is 78.9 Å². The fourth-order valence-electron chi connectivity index (χ4n) is 1.05. The molecule has 0 aliphatic rings. The fourth-order valence-corrected chi connectivity index (χ4v) is 1.05. The molecule has 0 N–H and O–H groups in total. The summed E-state index contributed by atoms with van der Waals surface area (Å²) in [5, 5.41) is 20.7. The maximum atomic E-state index is 10.5. The minimum Gasteiger partial charge on any atom is -0.545 e. The number of carboxylic acid groups (broad SMARTS) is 2. The molecule has 0 radical (unpaired) electrons. The van der Waals surface area contributed by atoms with Gasteiger partial charge in [-0.3, -0.25) is 0 Å². The predicted molar refractivity (Wildman–Crippen MR) is 53.6 cm³/mol. The van der Waals surface area contributed by atoms with Gasteiger partial charge in [-0.05, 0) is 17.2 Å². The second-order valence-electron chi connectivity index (χ2n) is 2.95. The van der Waals surface area contributed by atoms with Crippen molar-refractivity contribution in [1.82, 2.24) is 0 Å². The maximum Gasteiger partial charge on any atom is 1.00 e. The van der Waals surface area contributed by atoms with Gasteiger partial charge >= 0.3 is 59.1 Å². The van der Waals surface area contributed by atoms with Crippen molar-refractivity contribution >= 4 is 18.0 Å². The fraction of sp³-hybridized carbons (Fsp3) is 0. The minimum absolute atomic E-state index is 0. The van der Waals surface area contributed by atoms with Crippen LogP contribution in [0.4, 0.5) is 0 Å². The van der Waals surface area contributed by atoms with Crippen LogP contribution in [0.1, 0.15) is 5.56 Å². The van der Waals surface area contributed by atoms with E-state index in [2.05, 4.69) is 0 Å². The molecule has 82 valence electrons. The summed E-state index contributed by atoms with van der Waals surface area (Å²) in [4.78, 5) is 20.7. The van der Waals surface area contributed by atoms with Gasteiger partial charge in [-0.2, -0.15) is 0 Å². The number of carbonyl (C=O) groups excluding carboxylic acids is 2. The van der Waals surface area contributed by atoms with Crippen molar-refractivity contribution in [2.75, 3.05) is 0 Å². The summed E-state index contributed by atoms with van der Waals surface area (Å²) >= 11 is 0. The van der Waals surface area contributed by atoms with Gasteiger partial charge in [-0.1, -0.05) is 42.5 Å².